The molecule has 0 saturated carbocycles. The second-order valence-electron chi connectivity index (χ2n) is 9.65. The number of morpholine rings is 1. The molecule has 8 nitrogen and oxygen atoms in total. The van der Waals surface area contributed by atoms with Crippen LogP contribution in [0.5, 0.6) is 5.88 Å². The van der Waals surface area contributed by atoms with E-state index in [-0.39, 0.29) is 18.8 Å². The van der Waals surface area contributed by atoms with Crippen LogP contribution in [-0.4, -0.2) is 62.9 Å². The van der Waals surface area contributed by atoms with Crippen molar-refractivity contribution in [2.45, 2.75) is 51.9 Å². The van der Waals surface area contributed by atoms with Gasteiger partial charge in [-0.25, -0.2) is 9.78 Å². The molecule has 1 saturated heterocycles. The van der Waals surface area contributed by atoms with Crippen molar-refractivity contribution in [3.05, 3.63) is 42.9 Å². The topological polar surface area (TPSA) is 89.6 Å². The molecule has 0 aromatic carbocycles. The SMILES string of the molecule is CC(C)(C)OC(=O)N1C[C@@H](COc2nc(-c3cc[nH]c3)cc3ncccc23)OC(C)(C)C1. The van der Waals surface area contributed by atoms with Crippen molar-refractivity contribution in [1.82, 2.24) is 19.9 Å². The van der Waals surface area contributed by atoms with Crippen LogP contribution in [0.3, 0.4) is 0 Å². The predicted octanol–water partition coefficient (Wildman–Crippen LogP) is 4.42. The van der Waals surface area contributed by atoms with Gasteiger partial charge in [-0.1, -0.05) is 0 Å². The highest BCUT2D eigenvalue weighted by molar-refractivity contribution is 5.86. The van der Waals surface area contributed by atoms with E-state index in [4.69, 9.17) is 19.2 Å². The van der Waals surface area contributed by atoms with Crippen LogP contribution in [-0.2, 0) is 9.47 Å². The lowest BCUT2D eigenvalue weighted by Gasteiger charge is -2.42. The monoisotopic (exact) mass is 438 g/mol. The Morgan fingerprint density at radius 3 is 2.88 bits per heavy atom. The summed E-state index contributed by atoms with van der Waals surface area (Å²) in [7, 11) is 0. The van der Waals surface area contributed by atoms with Gasteiger partial charge in [0.05, 0.1) is 35.3 Å². The highest BCUT2D eigenvalue weighted by Gasteiger charge is 2.37. The number of nitrogens with zero attached hydrogens (tertiary/aromatic N) is 3. The van der Waals surface area contributed by atoms with Gasteiger partial charge in [0.1, 0.15) is 18.3 Å². The summed E-state index contributed by atoms with van der Waals surface area (Å²) in [6, 6.07) is 7.68. The standard InChI is InChI=1S/C24H30N4O4/c1-23(2,3)32-22(29)28-13-17(31-24(4,5)15-28)14-30-21-18-7-6-9-26-20(18)11-19(27-21)16-8-10-25-12-16/h6-12,17,25H,13-15H2,1-5H3/t17-/m0/s1. The van der Waals surface area contributed by atoms with Gasteiger partial charge in [0, 0.05) is 24.2 Å². The molecule has 1 atom stereocenters. The van der Waals surface area contributed by atoms with Gasteiger partial charge in [-0.3, -0.25) is 4.98 Å². The van der Waals surface area contributed by atoms with Crippen LogP contribution >= 0.6 is 0 Å². The van der Waals surface area contributed by atoms with Crippen LogP contribution in [0.4, 0.5) is 4.79 Å². The number of hydrogen-bond acceptors (Lipinski definition) is 6. The Balaban J connectivity index is 1.54. The summed E-state index contributed by atoms with van der Waals surface area (Å²) in [5.74, 6) is 0.489. The Kier molecular flexibility index (Phi) is 5.81. The molecule has 32 heavy (non-hydrogen) atoms. The normalized spacial score (nSPS) is 18.5. The molecule has 4 heterocycles. The second-order valence-corrected chi connectivity index (χ2v) is 9.65. The molecule has 1 aliphatic rings. The Hall–Kier alpha value is -3.13. The zero-order valence-electron chi connectivity index (χ0n) is 19.2. The predicted molar refractivity (Wildman–Crippen MR) is 122 cm³/mol. The highest BCUT2D eigenvalue weighted by atomic mass is 16.6. The number of carbonyl (C=O) groups excluding carboxylic acids is 1. The number of H-pyrrole nitrogens is 1. The van der Waals surface area contributed by atoms with E-state index in [1.54, 1.807) is 11.1 Å². The summed E-state index contributed by atoms with van der Waals surface area (Å²) in [4.78, 5) is 26.6. The number of ether oxygens (including phenoxy) is 3. The molecule has 1 aliphatic heterocycles. The highest BCUT2D eigenvalue weighted by Crippen LogP contribution is 2.29. The maximum Gasteiger partial charge on any atom is 0.410 e. The lowest BCUT2D eigenvalue weighted by Crippen LogP contribution is -2.56. The zero-order chi connectivity index (χ0) is 22.9. The Bertz CT molecular complexity index is 1090. The summed E-state index contributed by atoms with van der Waals surface area (Å²) in [6.45, 7) is 10.6. The van der Waals surface area contributed by atoms with E-state index in [9.17, 15) is 4.79 Å². The molecule has 0 aliphatic carbocycles. The van der Waals surface area contributed by atoms with Gasteiger partial charge in [-0.2, -0.15) is 0 Å². The second kappa shape index (κ2) is 8.43. The van der Waals surface area contributed by atoms with E-state index < -0.39 is 11.2 Å². The average molecular weight is 439 g/mol. The van der Waals surface area contributed by atoms with Gasteiger partial charge in [0.25, 0.3) is 0 Å². The molecule has 1 N–H and O–H groups in total. The fourth-order valence-electron chi connectivity index (χ4n) is 3.81. The third-order valence-corrected chi connectivity index (χ3v) is 5.00. The van der Waals surface area contributed by atoms with Crippen LogP contribution in [0.2, 0.25) is 0 Å². The first kappa shape index (κ1) is 22.1. The molecular weight excluding hydrogens is 408 g/mol. The minimum absolute atomic E-state index is 0.246. The van der Waals surface area contributed by atoms with E-state index in [2.05, 4.69) is 9.97 Å². The Labute approximate surface area is 187 Å². The summed E-state index contributed by atoms with van der Waals surface area (Å²) in [6.07, 6.45) is 4.81. The average Bonchev–Trinajstić information content (AvgIpc) is 3.24. The van der Waals surface area contributed by atoms with E-state index in [0.29, 0.717) is 19.0 Å². The molecule has 0 spiro atoms. The van der Waals surface area contributed by atoms with E-state index in [1.165, 1.54) is 0 Å². The van der Waals surface area contributed by atoms with Crippen LogP contribution < -0.4 is 4.74 Å². The number of aromatic amines is 1. The molecule has 1 fully saturated rings. The fraction of sp³-hybridized carbons (Fsp3) is 0.458. The first-order valence-corrected chi connectivity index (χ1v) is 10.8. The Morgan fingerprint density at radius 1 is 1.34 bits per heavy atom. The lowest BCUT2D eigenvalue weighted by atomic mass is 10.1. The van der Waals surface area contributed by atoms with Crippen LogP contribution in [0.25, 0.3) is 22.2 Å². The van der Waals surface area contributed by atoms with Crippen molar-refractivity contribution in [2.24, 2.45) is 0 Å². The van der Waals surface area contributed by atoms with Crippen molar-refractivity contribution in [1.29, 1.82) is 0 Å². The van der Waals surface area contributed by atoms with E-state index >= 15 is 0 Å². The van der Waals surface area contributed by atoms with E-state index in [0.717, 1.165) is 22.2 Å². The third kappa shape index (κ3) is 5.19. The quantitative estimate of drug-likeness (QED) is 0.649. The zero-order valence-corrected chi connectivity index (χ0v) is 19.2. The number of aromatic nitrogens is 3. The van der Waals surface area contributed by atoms with Crippen LogP contribution in [0.15, 0.2) is 42.9 Å². The number of carbonyl (C=O) groups is 1. The number of fused-ring (bicyclic) bond motifs is 1. The van der Waals surface area contributed by atoms with Gasteiger partial charge in [0.15, 0.2) is 0 Å². The molecule has 170 valence electrons. The Morgan fingerprint density at radius 2 is 2.16 bits per heavy atom. The van der Waals surface area contributed by atoms with Gasteiger partial charge in [0.2, 0.25) is 5.88 Å². The van der Waals surface area contributed by atoms with Gasteiger partial charge in [-0.15, -0.1) is 0 Å². The molecule has 0 unspecified atom stereocenters. The van der Waals surface area contributed by atoms with Crippen molar-refractivity contribution in [3.8, 4) is 17.1 Å². The third-order valence-electron chi connectivity index (χ3n) is 5.00. The first-order valence-electron chi connectivity index (χ1n) is 10.8. The summed E-state index contributed by atoms with van der Waals surface area (Å²) < 4.78 is 17.9. The van der Waals surface area contributed by atoms with Gasteiger partial charge in [-0.05, 0) is 58.9 Å². The minimum atomic E-state index is -0.556. The van der Waals surface area contributed by atoms with Crippen molar-refractivity contribution in [2.75, 3.05) is 19.7 Å². The minimum Gasteiger partial charge on any atom is -0.474 e. The van der Waals surface area contributed by atoms with Crippen LogP contribution in [0.1, 0.15) is 34.6 Å². The molecule has 4 rings (SSSR count). The largest absolute Gasteiger partial charge is 0.474 e. The van der Waals surface area contributed by atoms with Crippen molar-refractivity contribution >= 4 is 17.0 Å². The van der Waals surface area contributed by atoms with Crippen molar-refractivity contribution < 1.29 is 19.0 Å². The summed E-state index contributed by atoms with van der Waals surface area (Å²) >= 11 is 0. The fourth-order valence-corrected chi connectivity index (χ4v) is 3.81. The number of rotatable bonds is 4. The molecule has 1 amide bonds. The molecule has 3 aromatic heterocycles. The van der Waals surface area contributed by atoms with E-state index in [1.807, 2.05) is 71.3 Å². The lowest BCUT2D eigenvalue weighted by molar-refractivity contribution is -0.143. The number of nitrogens with one attached hydrogen (secondary N) is 1. The first-order chi connectivity index (χ1) is 15.1. The number of amides is 1. The van der Waals surface area contributed by atoms with Crippen LogP contribution in [0, 0.1) is 0 Å². The maximum atomic E-state index is 12.7. The molecule has 0 bridgehead atoms. The molecular formula is C24H30N4O4. The molecule has 3 aromatic rings. The van der Waals surface area contributed by atoms with Crippen molar-refractivity contribution in [3.63, 3.8) is 0 Å². The van der Waals surface area contributed by atoms with Gasteiger partial charge < -0.3 is 24.1 Å². The summed E-state index contributed by atoms with van der Waals surface area (Å²) in [5.41, 5.74) is 1.45. The molecule has 0 radical (unpaired) electrons. The summed E-state index contributed by atoms with van der Waals surface area (Å²) in [5, 5.41) is 0.825. The number of pyridine rings is 2. The number of hydrogen-bond donors (Lipinski definition) is 1. The molecule has 8 heteroatoms. The maximum absolute atomic E-state index is 12.7. The van der Waals surface area contributed by atoms with Gasteiger partial charge >= 0.3 is 6.09 Å². The smallest absolute Gasteiger partial charge is 0.410 e.